The van der Waals surface area contributed by atoms with E-state index < -0.39 is 0 Å². The van der Waals surface area contributed by atoms with Crippen LogP contribution in [0.5, 0.6) is 0 Å². The van der Waals surface area contributed by atoms with E-state index in [-0.39, 0.29) is 50.4 Å². The number of fused-ring (bicyclic) bond motifs is 6. The van der Waals surface area contributed by atoms with Crippen LogP contribution < -0.4 is 0 Å². The van der Waals surface area contributed by atoms with Gasteiger partial charge in [0.25, 0.3) is 0 Å². The molecule has 2 saturated heterocycles. The van der Waals surface area contributed by atoms with Crippen LogP contribution in [0.25, 0.3) is 0 Å². The van der Waals surface area contributed by atoms with Gasteiger partial charge in [0.2, 0.25) is 0 Å². The molecule has 10 rings (SSSR count). The maximum atomic E-state index is 12.5. The molecule has 10 aliphatic rings. The molecular weight excluding hydrogens is 667 g/mol. The van der Waals surface area contributed by atoms with Crippen LogP contribution in [0.2, 0.25) is 0 Å². The number of aliphatic hydroxyl groups is 2. The molecule has 10 fully saturated rings. The summed E-state index contributed by atoms with van der Waals surface area (Å²) in [4.78, 5) is 11.8. The molecule has 2 N–H and O–H groups in total. The zero-order valence-corrected chi connectivity index (χ0v) is 32.8. The second kappa shape index (κ2) is 12.6. The van der Waals surface area contributed by atoms with Crippen LogP contribution in [0.4, 0.5) is 0 Å². The van der Waals surface area contributed by atoms with E-state index in [1.165, 1.54) is 25.7 Å². The summed E-state index contributed by atoms with van der Waals surface area (Å²) in [6.07, 6.45) is 20.5. The Morgan fingerprint density at radius 2 is 1.16 bits per heavy atom. The maximum Gasteiger partial charge on any atom is 0.139 e. The van der Waals surface area contributed by atoms with Gasteiger partial charge in [-0.3, -0.25) is 4.79 Å². The normalized spacial score (nSPS) is 57.4. The monoisotopic (exact) mass is 730 g/mol. The maximum absolute atomic E-state index is 12.5. The van der Waals surface area contributed by atoms with Crippen molar-refractivity contribution in [2.45, 2.75) is 165 Å². The van der Waals surface area contributed by atoms with Gasteiger partial charge in [-0.25, -0.2) is 0 Å². The summed E-state index contributed by atoms with van der Waals surface area (Å²) >= 11 is 14.5. The van der Waals surface area contributed by atoms with Crippen molar-refractivity contribution in [2.75, 3.05) is 13.2 Å². The average Bonchev–Trinajstić information content (AvgIpc) is 3.68. The summed E-state index contributed by atoms with van der Waals surface area (Å²) in [5.41, 5.74) is 2.21. The van der Waals surface area contributed by atoms with E-state index in [1.807, 2.05) is 6.92 Å². The topological polar surface area (TPSA) is 76.0 Å². The fourth-order valence-corrected chi connectivity index (χ4v) is 16.8. The molecule has 7 heteroatoms. The number of carbonyl (C=O) groups excluding carboxylic acids is 1. The molecule has 2 heterocycles. The first kappa shape index (κ1) is 36.5. The molecule has 8 saturated carbocycles. The number of halogens is 2. The number of ketones is 1. The molecule has 0 aromatic heterocycles. The highest BCUT2D eigenvalue weighted by atomic mass is 35.5. The summed E-state index contributed by atoms with van der Waals surface area (Å²) in [6.45, 7) is 13.8. The Kier molecular flexibility index (Phi) is 9.17. The molecule has 5 nitrogen and oxygen atoms in total. The van der Waals surface area contributed by atoms with Gasteiger partial charge in [-0.05, 0) is 151 Å². The molecule has 10 unspecified atom stereocenters. The van der Waals surface area contributed by atoms with E-state index in [0.717, 1.165) is 95.7 Å². The third-order valence-corrected chi connectivity index (χ3v) is 19.4. The number of ether oxygens (including phenoxy) is 2. The van der Waals surface area contributed by atoms with Crippen LogP contribution >= 0.6 is 23.2 Å². The van der Waals surface area contributed by atoms with E-state index in [0.29, 0.717) is 41.3 Å². The highest BCUT2D eigenvalue weighted by Gasteiger charge is 2.74. The molecule has 4 bridgehead atoms. The Labute approximate surface area is 311 Å². The number of alkyl halides is 2. The van der Waals surface area contributed by atoms with Crippen LogP contribution in [0.15, 0.2) is 24.3 Å². The number of aliphatic hydroxyl groups excluding tert-OH is 2. The van der Waals surface area contributed by atoms with Gasteiger partial charge in [-0.15, -0.1) is 29.8 Å². The van der Waals surface area contributed by atoms with Crippen LogP contribution in [-0.4, -0.2) is 63.4 Å². The Balaban J connectivity index is 0.000000134. The minimum atomic E-state index is -0.373. The van der Waals surface area contributed by atoms with Gasteiger partial charge in [0.05, 0.1) is 47.4 Å². The SMILES string of the molecule is C/C=C1/CCC2C3C[C@H]4OCC5(CC[C@H](O)C[C@]45Cl)C3CCC12C.C=CC.CC12CCC3C(C[C@H]4OCC35CC[C@H](O)C[C@]45Cl)C1CCC2=O. The van der Waals surface area contributed by atoms with Crippen molar-refractivity contribution in [3.8, 4) is 0 Å². The lowest BCUT2D eigenvalue weighted by Crippen LogP contribution is -2.63. The summed E-state index contributed by atoms with van der Waals surface area (Å²) in [5.74, 6) is 4.49. The van der Waals surface area contributed by atoms with E-state index in [1.54, 1.807) is 11.6 Å². The Bertz CT molecular complexity index is 1400. The van der Waals surface area contributed by atoms with Crippen molar-refractivity contribution in [2.24, 2.45) is 57.2 Å². The predicted octanol–water partition coefficient (Wildman–Crippen LogP) is 9.19. The highest BCUT2D eigenvalue weighted by molar-refractivity contribution is 6.25. The molecule has 0 radical (unpaired) electrons. The minimum absolute atomic E-state index is 0.0360. The van der Waals surface area contributed by atoms with Crippen molar-refractivity contribution in [3.63, 3.8) is 0 Å². The Morgan fingerprint density at radius 1 is 0.700 bits per heavy atom. The lowest BCUT2D eigenvalue weighted by atomic mass is 9.44. The van der Waals surface area contributed by atoms with E-state index >= 15 is 0 Å². The first-order valence-corrected chi connectivity index (χ1v) is 21.3. The van der Waals surface area contributed by atoms with Crippen molar-refractivity contribution in [1.82, 2.24) is 0 Å². The largest absolute Gasteiger partial charge is 0.393 e. The zero-order valence-electron chi connectivity index (χ0n) is 31.2. The van der Waals surface area contributed by atoms with Gasteiger partial charge in [0.15, 0.2) is 0 Å². The number of carbonyl (C=O) groups is 1. The number of hydrogen-bond donors (Lipinski definition) is 2. The predicted molar refractivity (Wildman–Crippen MR) is 199 cm³/mol. The molecule has 16 atom stereocenters. The van der Waals surface area contributed by atoms with Crippen molar-refractivity contribution >= 4 is 29.0 Å². The minimum Gasteiger partial charge on any atom is -0.393 e. The summed E-state index contributed by atoms with van der Waals surface area (Å²) < 4.78 is 12.6. The zero-order chi connectivity index (χ0) is 35.5. The third-order valence-electron chi connectivity index (χ3n) is 17.8. The molecule has 2 aliphatic heterocycles. The first-order valence-electron chi connectivity index (χ1n) is 20.5. The van der Waals surface area contributed by atoms with Crippen LogP contribution in [0.3, 0.4) is 0 Å². The van der Waals surface area contributed by atoms with Crippen LogP contribution in [0.1, 0.15) is 130 Å². The number of hydrogen-bond acceptors (Lipinski definition) is 5. The van der Waals surface area contributed by atoms with Crippen molar-refractivity contribution in [1.29, 1.82) is 0 Å². The highest BCUT2D eigenvalue weighted by Crippen LogP contribution is 2.73. The van der Waals surface area contributed by atoms with Crippen molar-refractivity contribution in [3.05, 3.63) is 24.3 Å². The fraction of sp³-hybridized carbons (Fsp3) is 0.884. The number of allylic oxidation sites excluding steroid dienone is 3. The van der Waals surface area contributed by atoms with Crippen LogP contribution in [0, 0.1) is 57.2 Å². The molecule has 280 valence electrons. The van der Waals surface area contributed by atoms with E-state index in [2.05, 4.69) is 33.4 Å². The smallest absolute Gasteiger partial charge is 0.139 e. The molecule has 0 aromatic carbocycles. The number of rotatable bonds is 0. The van der Waals surface area contributed by atoms with E-state index in [9.17, 15) is 15.0 Å². The molecular formula is C43H64Cl2O5. The van der Waals surface area contributed by atoms with Gasteiger partial charge in [0.1, 0.15) is 5.78 Å². The van der Waals surface area contributed by atoms with Crippen molar-refractivity contribution < 1.29 is 24.5 Å². The lowest BCUT2D eigenvalue weighted by molar-refractivity contribution is -0.137. The van der Waals surface area contributed by atoms with Gasteiger partial charge < -0.3 is 19.7 Å². The molecule has 8 aliphatic carbocycles. The summed E-state index contributed by atoms with van der Waals surface area (Å²) in [6, 6.07) is 0. The molecule has 50 heavy (non-hydrogen) atoms. The number of Topliss-reactive ketones (excluding diaryl/α,β-unsaturated/α-hetero) is 1. The second-order valence-corrected chi connectivity index (χ2v) is 20.6. The summed E-state index contributed by atoms with van der Waals surface area (Å²) in [7, 11) is 0. The Hall–Kier alpha value is -0.430. The standard InChI is InChI=1S/C21H31ClO2.C19H27ClO3.C3H6/c1-3-13-4-5-16-15-10-18-21(22)11-14(23)6-9-20(21,12-24-18)17(15)7-8-19(13,16)2;1-17-6-5-14-12(13(17)2-3-15(17)22)8-16-19(20)9-11(21)4-7-18(14,19)10-23-16;1-3-2/h3,14-18,23H,4-12H2,1-2H3;11-14,16,21H,2-10H2,1H3;3H,1H2,2H3/b13-3-;;/t14-,15?,16?,17?,18+,19?,20?,21-;11-,12?,13?,14?,16+,17?,18?,19-;/m00./s1. The second-order valence-electron chi connectivity index (χ2n) is 19.3. The fourth-order valence-electron chi connectivity index (χ4n) is 15.5. The van der Waals surface area contributed by atoms with Gasteiger partial charge in [-0.2, -0.15) is 0 Å². The first-order chi connectivity index (χ1) is 23.8. The quantitative estimate of drug-likeness (QED) is 0.192. The van der Waals surface area contributed by atoms with Crippen LogP contribution in [-0.2, 0) is 14.3 Å². The lowest BCUT2D eigenvalue weighted by Gasteiger charge is -2.62. The van der Waals surface area contributed by atoms with Gasteiger partial charge in [-0.1, -0.05) is 31.6 Å². The summed E-state index contributed by atoms with van der Waals surface area (Å²) in [5, 5.41) is 20.5. The van der Waals surface area contributed by atoms with Gasteiger partial charge in [0, 0.05) is 22.7 Å². The average molecular weight is 732 g/mol. The molecule has 0 spiro atoms. The van der Waals surface area contributed by atoms with Gasteiger partial charge >= 0.3 is 0 Å². The Morgan fingerprint density at radius 3 is 1.66 bits per heavy atom. The van der Waals surface area contributed by atoms with E-state index in [4.69, 9.17) is 32.7 Å². The molecule has 0 amide bonds. The third kappa shape index (κ3) is 4.74. The molecule has 0 aromatic rings.